The van der Waals surface area contributed by atoms with Crippen LogP contribution in [0.4, 0.5) is 0 Å². The van der Waals surface area contributed by atoms with E-state index in [4.69, 9.17) is 5.11 Å². The van der Waals surface area contributed by atoms with Gasteiger partial charge in [0.25, 0.3) is 0 Å². The Morgan fingerprint density at radius 2 is 2.46 bits per heavy atom. The molecule has 1 aromatic heterocycles. The number of aliphatic hydroxyl groups is 2. The van der Waals surface area contributed by atoms with Gasteiger partial charge in [0.2, 0.25) is 0 Å². The Kier molecular flexibility index (Phi) is 3.59. The summed E-state index contributed by atoms with van der Waals surface area (Å²) in [4.78, 5) is 4.22. The van der Waals surface area contributed by atoms with Crippen LogP contribution in [0.15, 0.2) is 11.0 Å². The average molecular weight is 199 g/mol. The highest BCUT2D eigenvalue weighted by Gasteiger charge is 2.04. The van der Waals surface area contributed by atoms with Crippen molar-refractivity contribution < 1.29 is 10.2 Å². The van der Waals surface area contributed by atoms with Crippen LogP contribution in [0.5, 0.6) is 0 Å². The minimum Gasteiger partial charge on any atom is -0.393 e. The lowest BCUT2D eigenvalue weighted by molar-refractivity contribution is 0.123. The molecule has 0 aromatic carbocycles. The number of aromatic nitrogens is 1. The quantitative estimate of drug-likeness (QED) is 0.769. The first-order valence-electron chi connectivity index (χ1n) is 4.02. The van der Waals surface area contributed by atoms with Crippen LogP contribution in [-0.2, 0) is 0 Å². The van der Waals surface area contributed by atoms with Gasteiger partial charge in [-0.1, -0.05) is 0 Å². The molecule has 1 aromatic rings. The van der Waals surface area contributed by atoms with E-state index in [-0.39, 0.29) is 6.61 Å². The zero-order valence-corrected chi connectivity index (χ0v) is 8.51. The SMILES string of the molecule is C/C(=C\c1csc(C)n1)[C@H](O)CO. The molecule has 0 saturated heterocycles. The van der Waals surface area contributed by atoms with Crippen molar-refractivity contribution in [1.29, 1.82) is 0 Å². The number of hydrogen-bond donors (Lipinski definition) is 2. The molecule has 0 aliphatic rings. The van der Waals surface area contributed by atoms with Gasteiger partial charge in [-0.3, -0.25) is 0 Å². The third-order valence-corrected chi connectivity index (χ3v) is 2.50. The van der Waals surface area contributed by atoms with Crippen molar-refractivity contribution in [3.8, 4) is 0 Å². The fraction of sp³-hybridized carbons (Fsp3) is 0.444. The Labute approximate surface area is 81.4 Å². The van der Waals surface area contributed by atoms with Crippen molar-refractivity contribution in [3.63, 3.8) is 0 Å². The zero-order chi connectivity index (χ0) is 9.84. The predicted molar refractivity (Wildman–Crippen MR) is 53.6 cm³/mol. The summed E-state index contributed by atoms with van der Waals surface area (Å²) in [6, 6.07) is 0. The third-order valence-electron chi connectivity index (χ3n) is 1.71. The lowest BCUT2D eigenvalue weighted by atomic mass is 10.1. The van der Waals surface area contributed by atoms with E-state index < -0.39 is 6.10 Å². The van der Waals surface area contributed by atoms with E-state index in [9.17, 15) is 5.11 Å². The second-order valence-electron chi connectivity index (χ2n) is 2.88. The maximum Gasteiger partial charge on any atom is 0.0981 e. The van der Waals surface area contributed by atoms with E-state index in [1.807, 2.05) is 12.3 Å². The molecule has 0 unspecified atom stereocenters. The zero-order valence-electron chi connectivity index (χ0n) is 7.69. The molecule has 0 fully saturated rings. The molecule has 3 nitrogen and oxygen atoms in total. The number of thiazole rings is 1. The first-order chi connectivity index (χ1) is 6.13. The molecule has 0 amide bonds. The molecular formula is C9H13NO2S. The summed E-state index contributed by atoms with van der Waals surface area (Å²) < 4.78 is 0. The van der Waals surface area contributed by atoms with Gasteiger partial charge in [0.05, 0.1) is 23.4 Å². The molecule has 1 rings (SSSR count). The van der Waals surface area contributed by atoms with Crippen molar-refractivity contribution in [2.45, 2.75) is 20.0 Å². The number of nitrogens with zero attached hydrogens (tertiary/aromatic N) is 1. The molecule has 72 valence electrons. The van der Waals surface area contributed by atoms with E-state index in [1.54, 1.807) is 24.3 Å². The molecule has 0 radical (unpaired) electrons. The summed E-state index contributed by atoms with van der Waals surface area (Å²) >= 11 is 1.57. The van der Waals surface area contributed by atoms with Crippen LogP contribution in [0.1, 0.15) is 17.6 Å². The second-order valence-corrected chi connectivity index (χ2v) is 3.94. The summed E-state index contributed by atoms with van der Waals surface area (Å²) in [5, 5.41) is 20.8. The molecule has 0 aliphatic heterocycles. The molecule has 4 heteroatoms. The smallest absolute Gasteiger partial charge is 0.0981 e. The monoisotopic (exact) mass is 199 g/mol. The topological polar surface area (TPSA) is 53.4 Å². The molecule has 0 saturated carbocycles. The molecular weight excluding hydrogens is 186 g/mol. The maximum atomic E-state index is 9.25. The predicted octanol–water partition coefficient (Wildman–Crippen LogP) is 1.21. The van der Waals surface area contributed by atoms with Gasteiger partial charge >= 0.3 is 0 Å². The standard InChI is InChI=1S/C9H13NO2S/c1-6(9(12)4-11)3-8-5-13-7(2)10-8/h3,5,9,11-12H,4H2,1-2H3/b6-3+/t9-/m1/s1. The molecule has 13 heavy (non-hydrogen) atoms. The van der Waals surface area contributed by atoms with E-state index in [1.165, 1.54) is 0 Å². The molecule has 1 atom stereocenters. The van der Waals surface area contributed by atoms with Crippen LogP contribution < -0.4 is 0 Å². The van der Waals surface area contributed by atoms with Crippen LogP contribution in [-0.4, -0.2) is 27.9 Å². The minimum atomic E-state index is -0.776. The van der Waals surface area contributed by atoms with E-state index >= 15 is 0 Å². The number of aryl methyl sites for hydroxylation is 1. The van der Waals surface area contributed by atoms with Gasteiger partial charge in [0.15, 0.2) is 0 Å². The summed E-state index contributed by atoms with van der Waals surface area (Å²) in [5.74, 6) is 0. The lowest BCUT2D eigenvalue weighted by Crippen LogP contribution is -2.12. The van der Waals surface area contributed by atoms with Gasteiger partial charge in [-0.15, -0.1) is 11.3 Å². The van der Waals surface area contributed by atoms with Crippen molar-refractivity contribution >= 4 is 17.4 Å². The Hall–Kier alpha value is -0.710. The minimum absolute atomic E-state index is 0.245. The van der Waals surface area contributed by atoms with E-state index in [0.717, 1.165) is 16.3 Å². The largest absolute Gasteiger partial charge is 0.393 e. The molecule has 1 heterocycles. The van der Waals surface area contributed by atoms with Gasteiger partial charge in [0, 0.05) is 5.38 Å². The molecule has 0 bridgehead atoms. The third kappa shape index (κ3) is 2.91. The number of hydrogen-bond acceptors (Lipinski definition) is 4. The summed E-state index contributed by atoms with van der Waals surface area (Å²) in [5.41, 5.74) is 1.57. The van der Waals surface area contributed by atoms with Crippen molar-refractivity contribution in [2.75, 3.05) is 6.61 Å². The normalized spacial score (nSPS) is 14.6. The average Bonchev–Trinajstić information content (AvgIpc) is 2.49. The Morgan fingerprint density at radius 3 is 2.92 bits per heavy atom. The van der Waals surface area contributed by atoms with Crippen molar-refractivity contribution in [1.82, 2.24) is 4.98 Å². The van der Waals surface area contributed by atoms with Crippen molar-refractivity contribution in [3.05, 3.63) is 21.7 Å². The highest BCUT2D eigenvalue weighted by atomic mass is 32.1. The van der Waals surface area contributed by atoms with Gasteiger partial charge in [-0.2, -0.15) is 0 Å². The van der Waals surface area contributed by atoms with Crippen LogP contribution in [0.25, 0.3) is 6.08 Å². The highest BCUT2D eigenvalue weighted by molar-refractivity contribution is 7.09. The van der Waals surface area contributed by atoms with Crippen LogP contribution >= 0.6 is 11.3 Å². The number of rotatable bonds is 3. The van der Waals surface area contributed by atoms with Gasteiger partial charge in [0.1, 0.15) is 0 Å². The van der Waals surface area contributed by atoms with Gasteiger partial charge in [-0.25, -0.2) is 4.98 Å². The first-order valence-corrected chi connectivity index (χ1v) is 4.90. The van der Waals surface area contributed by atoms with Gasteiger partial charge < -0.3 is 10.2 Å². The summed E-state index contributed by atoms with van der Waals surface area (Å²) in [7, 11) is 0. The molecule has 0 spiro atoms. The number of aliphatic hydroxyl groups excluding tert-OH is 2. The van der Waals surface area contributed by atoms with E-state index in [2.05, 4.69) is 4.98 Å². The van der Waals surface area contributed by atoms with Gasteiger partial charge in [-0.05, 0) is 25.5 Å². The highest BCUT2D eigenvalue weighted by Crippen LogP contribution is 2.13. The molecule has 2 N–H and O–H groups in total. The first kappa shape index (κ1) is 10.4. The van der Waals surface area contributed by atoms with Crippen LogP contribution in [0, 0.1) is 6.92 Å². The fourth-order valence-corrected chi connectivity index (χ4v) is 1.49. The van der Waals surface area contributed by atoms with Crippen LogP contribution in [0.2, 0.25) is 0 Å². The molecule has 0 aliphatic carbocycles. The van der Waals surface area contributed by atoms with Crippen LogP contribution in [0.3, 0.4) is 0 Å². The van der Waals surface area contributed by atoms with E-state index in [0.29, 0.717) is 0 Å². The Balaban J connectivity index is 2.76. The Bertz CT molecular complexity index is 306. The lowest BCUT2D eigenvalue weighted by Gasteiger charge is -2.05. The fourth-order valence-electron chi connectivity index (χ4n) is 0.920. The second kappa shape index (κ2) is 4.50. The summed E-state index contributed by atoms with van der Waals surface area (Å²) in [6.45, 7) is 3.46. The summed E-state index contributed by atoms with van der Waals surface area (Å²) in [6.07, 6.45) is 1.01. The Morgan fingerprint density at radius 1 is 1.77 bits per heavy atom. The van der Waals surface area contributed by atoms with Crippen molar-refractivity contribution in [2.24, 2.45) is 0 Å². The maximum absolute atomic E-state index is 9.25.